The molecular formula is C14H10F2N2O3. The predicted octanol–water partition coefficient (Wildman–Crippen LogP) is 3.43. The van der Waals surface area contributed by atoms with Gasteiger partial charge >= 0.3 is 0 Å². The van der Waals surface area contributed by atoms with Crippen molar-refractivity contribution in [3.05, 3.63) is 69.3 Å². The monoisotopic (exact) mass is 292 g/mol. The lowest BCUT2D eigenvalue weighted by Gasteiger charge is -2.07. The van der Waals surface area contributed by atoms with Crippen molar-refractivity contribution < 1.29 is 18.5 Å². The standard InChI is InChI=1S/C14H10F2N2O3/c1-8-4-10(16)6-11(5-8)17-14(19)12-7-9(15)2-3-13(12)18(20)21/h2-7H,1H3,(H,17,19). The maximum atomic E-state index is 13.2. The summed E-state index contributed by atoms with van der Waals surface area (Å²) < 4.78 is 26.4. The van der Waals surface area contributed by atoms with E-state index in [0.717, 1.165) is 24.3 Å². The molecule has 5 nitrogen and oxygen atoms in total. The van der Waals surface area contributed by atoms with E-state index in [1.54, 1.807) is 6.92 Å². The fourth-order valence-corrected chi connectivity index (χ4v) is 1.86. The Morgan fingerprint density at radius 2 is 1.86 bits per heavy atom. The van der Waals surface area contributed by atoms with Gasteiger partial charge in [-0.15, -0.1) is 0 Å². The highest BCUT2D eigenvalue weighted by molar-refractivity contribution is 6.07. The molecule has 0 saturated heterocycles. The van der Waals surface area contributed by atoms with Crippen molar-refractivity contribution in [2.75, 3.05) is 5.32 Å². The number of nitro benzene ring substituents is 1. The van der Waals surface area contributed by atoms with E-state index >= 15 is 0 Å². The molecule has 0 aliphatic rings. The van der Waals surface area contributed by atoms with Crippen molar-refractivity contribution >= 4 is 17.3 Å². The van der Waals surface area contributed by atoms with Crippen LogP contribution in [-0.4, -0.2) is 10.8 Å². The van der Waals surface area contributed by atoms with Crippen molar-refractivity contribution in [2.24, 2.45) is 0 Å². The van der Waals surface area contributed by atoms with Gasteiger partial charge in [0.1, 0.15) is 17.2 Å². The van der Waals surface area contributed by atoms with Crippen LogP contribution in [-0.2, 0) is 0 Å². The molecule has 0 aromatic heterocycles. The molecule has 0 heterocycles. The number of benzene rings is 2. The number of nitrogens with zero attached hydrogens (tertiary/aromatic N) is 1. The van der Waals surface area contributed by atoms with E-state index in [1.807, 2.05) is 0 Å². The topological polar surface area (TPSA) is 72.2 Å². The number of rotatable bonds is 3. The van der Waals surface area contributed by atoms with Crippen molar-refractivity contribution in [3.63, 3.8) is 0 Å². The maximum absolute atomic E-state index is 13.2. The molecule has 108 valence electrons. The van der Waals surface area contributed by atoms with Crippen LogP contribution in [0.4, 0.5) is 20.2 Å². The summed E-state index contributed by atoms with van der Waals surface area (Å²) in [5.74, 6) is -2.22. The van der Waals surface area contributed by atoms with Gasteiger partial charge < -0.3 is 5.32 Å². The Bertz CT molecular complexity index is 712. The predicted molar refractivity (Wildman–Crippen MR) is 72.1 cm³/mol. The minimum Gasteiger partial charge on any atom is -0.322 e. The molecule has 0 atom stereocenters. The van der Waals surface area contributed by atoms with Crippen molar-refractivity contribution in [1.29, 1.82) is 0 Å². The van der Waals surface area contributed by atoms with Crippen LogP contribution in [0.15, 0.2) is 36.4 Å². The van der Waals surface area contributed by atoms with Crippen molar-refractivity contribution in [3.8, 4) is 0 Å². The van der Waals surface area contributed by atoms with Crippen molar-refractivity contribution in [2.45, 2.75) is 6.92 Å². The summed E-state index contributed by atoms with van der Waals surface area (Å²) in [5, 5.41) is 13.2. The first kappa shape index (κ1) is 14.6. The van der Waals surface area contributed by atoms with Crippen LogP contribution in [0, 0.1) is 28.7 Å². The summed E-state index contributed by atoms with van der Waals surface area (Å²) in [4.78, 5) is 22.1. The van der Waals surface area contributed by atoms with Crippen LogP contribution in [0.25, 0.3) is 0 Å². The molecule has 0 aliphatic heterocycles. The first-order valence-electron chi connectivity index (χ1n) is 5.89. The zero-order chi connectivity index (χ0) is 15.6. The Labute approximate surface area is 118 Å². The number of amides is 1. The van der Waals surface area contributed by atoms with E-state index in [4.69, 9.17) is 0 Å². The van der Waals surface area contributed by atoms with Crippen LogP contribution in [0.2, 0.25) is 0 Å². The molecule has 1 amide bonds. The van der Waals surface area contributed by atoms with E-state index < -0.39 is 33.7 Å². The minimum absolute atomic E-state index is 0.135. The van der Waals surface area contributed by atoms with Crippen molar-refractivity contribution in [1.82, 2.24) is 0 Å². The zero-order valence-electron chi connectivity index (χ0n) is 10.9. The highest BCUT2D eigenvalue weighted by atomic mass is 19.1. The van der Waals surface area contributed by atoms with E-state index in [-0.39, 0.29) is 5.69 Å². The van der Waals surface area contributed by atoms with Crippen LogP contribution < -0.4 is 5.32 Å². The third-order valence-electron chi connectivity index (χ3n) is 2.70. The first-order valence-corrected chi connectivity index (χ1v) is 5.89. The number of hydrogen-bond acceptors (Lipinski definition) is 3. The highest BCUT2D eigenvalue weighted by Crippen LogP contribution is 2.21. The van der Waals surface area contributed by atoms with E-state index in [9.17, 15) is 23.7 Å². The Hall–Kier alpha value is -2.83. The van der Waals surface area contributed by atoms with Gasteiger partial charge in [-0.3, -0.25) is 14.9 Å². The lowest BCUT2D eigenvalue weighted by Crippen LogP contribution is -2.14. The number of hydrogen-bond donors (Lipinski definition) is 1. The molecule has 0 bridgehead atoms. The molecule has 1 N–H and O–H groups in total. The number of carbonyl (C=O) groups excluding carboxylic acids is 1. The lowest BCUT2D eigenvalue weighted by atomic mass is 10.1. The molecule has 2 rings (SSSR count). The largest absolute Gasteiger partial charge is 0.322 e. The number of carbonyl (C=O) groups is 1. The third kappa shape index (κ3) is 3.38. The van der Waals surface area contributed by atoms with Gasteiger partial charge in [-0.2, -0.15) is 0 Å². The molecular weight excluding hydrogens is 282 g/mol. The van der Waals surface area contributed by atoms with Gasteiger partial charge in [0, 0.05) is 11.8 Å². The second-order valence-corrected chi connectivity index (χ2v) is 4.39. The first-order chi connectivity index (χ1) is 9.86. The molecule has 21 heavy (non-hydrogen) atoms. The minimum atomic E-state index is -0.883. The molecule has 2 aromatic carbocycles. The van der Waals surface area contributed by atoms with Gasteiger partial charge in [-0.05, 0) is 42.8 Å². The fourth-order valence-electron chi connectivity index (χ4n) is 1.86. The van der Waals surface area contributed by atoms with Crippen LogP contribution in [0.3, 0.4) is 0 Å². The van der Waals surface area contributed by atoms with E-state index in [0.29, 0.717) is 5.56 Å². The Morgan fingerprint density at radius 1 is 1.14 bits per heavy atom. The molecule has 7 heteroatoms. The number of aryl methyl sites for hydroxylation is 1. The molecule has 0 fully saturated rings. The van der Waals surface area contributed by atoms with Gasteiger partial charge in [0.15, 0.2) is 0 Å². The summed E-state index contributed by atoms with van der Waals surface area (Å²) in [6.45, 7) is 1.63. The Morgan fingerprint density at radius 3 is 2.48 bits per heavy atom. The molecule has 0 aliphatic carbocycles. The SMILES string of the molecule is Cc1cc(F)cc(NC(=O)c2cc(F)ccc2[N+](=O)[O-])c1. The normalized spacial score (nSPS) is 10.2. The summed E-state index contributed by atoms with van der Waals surface area (Å²) in [6, 6.07) is 6.38. The second-order valence-electron chi connectivity index (χ2n) is 4.39. The van der Waals surface area contributed by atoms with Gasteiger partial charge in [0.05, 0.1) is 4.92 Å². The maximum Gasteiger partial charge on any atom is 0.282 e. The van der Waals surface area contributed by atoms with E-state index in [2.05, 4.69) is 5.32 Å². The van der Waals surface area contributed by atoms with Crippen LogP contribution >= 0.6 is 0 Å². The molecule has 2 aromatic rings. The number of anilines is 1. The quantitative estimate of drug-likeness (QED) is 0.695. The average molecular weight is 292 g/mol. The van der Waals surface area contributed by atoms with Gasteiger partial charge in [0.25, 0.3) is 11.6 Å². The lowest BCUT2D eigenvalue weighted by molar-refractivity contribution is -0.385. The zero-order valence-corrected chi connectivity index (χ0v) is 10.9. The van der Waals surface area contributed by atoms with Gasteiger partial charge in [-0.1, -0.05) is 0 Å². The van der Waals surface area contributed by atoms with Gasteiger partial charge in [-0.25, -0.2) is 8.78 Å². The molecule has 0 radical (unpaired) electrons. The smallest absolute Gasteiger partial charge is 0.282 e. The van der Waals surface area contributed by atoms with Crippen LogP contribution in [0.5, 0.6) is 0 Å². The highest BCUT2D eigenvalue weighted by Gasteiger charge is 2.21. The Balaban J connectivity index is 2.36. The van der Waals surface area contributed by atoms with Gasteiger partial charge in [0.2, 0.25) is 0 Å². The molecule has 0 saturated carbocycles. The summed E-state index contributed by atoms with van der Waals surface area (Å²) in [6.07, 6.45) is 0. The van der Waals surface area contributed by atoms with E-state index in [1.165, 1.54) is 12.1 Å². The summed E-state index contributed by atoms with van der Waals surface area (Å²) in [7, 11) is 0. The second kappa shape index (κ2) is 5.66. The fraction of sp³-hybridized carbons (Fsp3) is 0.0714. The van der Waals surface area contributed by atoms with Crippen LogP contribution in [0.1, 0.15) is 15.9 Å². The number of nitrogens with one attached hydrogen (secondary N) is 1. The summed E-state index contributed by atoms with van der Waals surface area (Å²) >= 11 is 0. The third-order valence-corrected chi connectivity index (χ3v) is 2.70. The number of nitro groups is 1. The molecule has 0 unspecified atom stereocenters. The number of halogens is 2. The molecule has 0 spiro atoms. The average Bonchev–Trinajstić information content (AvgIpc) is 2.36. The summed E-state index contributed by atoms with van der Waals surface area (Å²) in [5.41, 5.74) is -0.251. The Kier molecular flexibility index (Phi) is 3.93.